The second kappa shape index (κ2) is 7.10. The number of rotatable bonds is 5. The maximum Gasteiger partial charge on any atom is 0.270 e. The minimum atomic E-state index is -0.0464. The van der Waals surface area contributed by atoms with Crippen LogP contribution in [0.1, 0.15) is 67.5 Å². The fraction of sp³-hybridized carbons (Fsp3) is 0.739. The number of nitrogens with zero attached hydrogens (tertiary/aromatic N) is 1. The molecule has 5 aliphatic rings. The first kappa shape index (κ1) is 18.6. The number of carbonyl (C=O) groups excluding carboxylic acids is 1. The lowest BCUT2D eigenvalue weighted by molar-refractivity contribution is -0.0515. The second-order valence-corrected chi connectivity index (χ2v) is 10.1. The van der Waals surface area contributed by atoms with E-state index in [1.807, 2.05) is 25.1 Å². The highest BCUT2D eigenvalue weighted by Crippen LogP contribution is 2.57. The minimum Gasteiger partial charge on any atom is -0.381 e. The van der Waals surface area contributed by atoms with E-state index in [-0.39, 0.29) is 17.0 Å². The number of nitrogens with one attached hydrogen (secondary N) is 2. The van der Waals surface area contributed by atoms with Crippen molar-refractivity contribution in [3.63, 3.8) is 0 Å². The average Bonchev–Trinajstić information content (AvgIpc) is 2.66. The van der Waals surface area contributed by atoms with Gasteiger partial charge in [-0.15, -0.1) is 0 Å². The van der Waals surface area contributed by atoms with E-state index < -0.39 is 0 Å². The third kappa shape index (κ3) is 3.59. The van der Waals surface area contributed by atoms with Crippen LogP contribution in [-0.4, -0.2) is 41.7 Å². The van der Waals surface area contributed by atoms with Crippen LogP contribution in [0.3, 0.4) is 0 Å². The van der Waals surface area contributed by atoms with Crippen molar-refractivity contribution in [2.24, 2.45) is 17.8 Å². The molecule has 5 heteroatoms. The Balaban J connectivity index is 1.30. The summed E-state index contributed by atoms with van der Waals surface area (Å²) in [6.07, 6.45) is 9.63. The summed E-state index contributed by atoms with van der Waals surface area (Å²) in [5.41, 5.74) is 1.62. The summed E-state index contributed by atoms with van der Waals surface area (Å²) < 4.78 is 5.52. The first-order chi connectivity index (χ1) is 13.5. The predicted molar refractivity (Wildman–Crippen MR) is 108 cm³/mol. The Morgan fingerprint density at radius 1 is 1.14 bits per heavy atom. The van der Waals surface area contributed by atoms with Gasteiger partial charge in [0.05, 0.1) is 0 Å². The molecular formula is C23H33N3O2. The molecule has 2 atom stereocenters. The number of amides is 1. The number of aryl methyl sites for hydroxylation is 1. The van der Waals surface area contributed by atoms with Crippen molar-refractivity contribution in [1.29, 1.82) is 0 Å². The molecule has 4 aliphatic carbocycles. The Hall–Kier alpha value is -1.46. The highest BCUT2D eigenvalue weighted by Gasteiger charge is 2.58. The number of hydrogen-bond donors (Lipinski definition) is 2. The topological polar surface area (TPSA) is 63.2 Å². The lowest BCUT2D eigenvalue weighted by Crippen LogP contribution is -2.69. The first-order valence-corrected chi connectivity index (χ1v) is 11.1. The zero-order valence-corrected chi connectivity index (χ0v) is 17.0. The molecule has 6 rings (SSSR count). The summed E-state index contributed by atoms with van der Waals surface area (Å²) in [6.45, 7) is 4.87. The minimum absolute atomic E-state index is 0.00484. The number of ether oxygens (including phenoxy) is 1. The summed E-state index contributed by atoms with van der Waals surface area (Å²) in [7, 11) is 0. The van der Waals surface area contributed by atoms with Gasteiger partial charge in [0, 0.05) is 30.0 Å². The van der Waals surface area contributed by atoms with Crippen molar-refractivity contribution in [1.82, 2.24) is 15.6 Å². The second-order valence-electron chi connectivity index (χ2n) is 10.1. The molecule has 1 aromatic rings. The highest BCUT2D eigenvalue weighted by molar-refractivity contribution is 5.92. The summed E-state index contributed by atoms with van der Waals surface area (Å²) >= 11 is 0. The molecule has 4 bridgehead atoms. The van der Waals surface area contributed by atoms with E-state index in [9.17, 15) is 4.79 Å². The summed E-state index contributed by atoms with van der Waals surface area (Å²) in [6, 6.07) is 5.70. The maximum atomic E-state index is 13.0. The van der Waals surface area contributed by atoms with Crippen LogP contribution < -0.4 is 10.6 Å². The Morgan fingerprint density at radius 2 is 1.86 bits per heavy atom. The highest BCUT2D eigenvalue weighted by atomic mass is 16.5. The molecule has 1 amide bonds. The molecule has 5 nitrogen and oxygen atoms in total. The van der Waals surface area contributed by atoms with Crippen LogP contribution in [0, 0.1) is 24.7 Å². The van der Waals surface area contributed by atoms with Gasteiger partial charge in [-0.25, -0.2) is 4.98 Å². The van der Waals surface area contributed by atoms with Crippen LogP contribution in [0.4, 0.5) is 0 Å². The quantitative estimate of drug-likeness (QED) is 0.819. The summed E-state index contributed by atoms with van der Waals surface area (Å²) in [5.74, 6) is 2.23. The Morgan fingerprint density at radius 3 is 2.57 bits per heavy atom. The van der Waals surface area contributed by atoms with Gasteiger partial charge in [-0.05, 0) is 94.7 Å². The lowest BCUT2D eigenvalue weighted by atomic mass is 9.49. The maximum absolute atomic E-state index is 13.0. The van der Waals surface area contributed by atoms with Crippen molar-refractivity contribution < 1.29 is 9.53 Å². The molecule has 28 heavy (non-hydrogen) atoms. The lowest BCUT2D eigenvalue weighted by Gasteiger charge is -2.62. The zero-order valence-electron chi connectivity index (χ0n) is 17.0. The van der Waals surface area contributed by atoms with Gasteiger partial charge in [-0.3, -0.25) is 4.79 Å². The van der Waals surface area contributed by atoms with Gasteiger partial charge in [0.2, 0.25) is 0 Å². The van der Waals surface area contributed by atoms with Crippen LogP contribution in [0.5, 0.6) is 0 Å². The molecule has 5 fully saturated rings. The normalized spacial score (nSPS) is 37.2. The molecule has 1 saturated heterocycles. The number of aromatic nitrogens is 1. The standard InChI is InChI=1S/C23H33N3O2/c1-16-3-2-4-20(25-16)21(27)26-23-12-18-9-19(13-23)11-22(10-18,15-23)24-14-17-5-7-28-8-6-17/h2-4,17-19,24H,5-15H2,1H3,(H,26,27). The number of hydrogen-bond acceptors (Lipinski definition) is 4. The van der Waals surface area contributed by atoms with Crippen molar-refractivity contribution in [3.8, 4) is 0 Å². The Bertz CT molecular complexity index is 729. The fourth-order valence-electron chi connectivity index (χ4n) is 6.90. The summed E-state index contributed by atoms with van der Waals surface area (Å²) in [4.78, 5) is 17.4. The van der Waals surface area contributed by atoms with E-state index in [4.69, 9.17) is 4.74 Å². The Kier molecular flexibility index (Phi) is 4.71. The molecule has 152 valence electrons. The molecule has 0 radical (unpaired) electrons. The van der Waals surface area contributed by atoms with Crippen LogP contribution >= 0.6 is 0 Å². The molecule has 1 aromatic heterocycles. The fourth-order valence-corrected chi connectivity index (χ4v) is 6.90. The van der Waals surface area contributed by atoms with E-state index in [1.54, 1.807) is 0 Å². The number of carbonyl (C=O) groups is 1. The van der Waals surface area contributed by atoms with Crippen molar-refractivity contribution in [2.45, 2.75) is 69.4 Å². The van der Waals surface area contributed by atoms with Gasteiger partial charge >= 0.3 is 0 Å². The molecule has 1 aliphatic heterocycles. The van der Waals surface area contributed by atoms with E-state index in [0.717, 1.165) is 62.5 Å². The van der Waals surface area contributed by atoms with Crippen LogP contribution in [0.2, 0.25) is 0 Å². The zero-order chi connectivity index (χ0) is 19.2. The van der Waals surface area contributed by atoms with E-state index in [1.165, 1.54) is 32.1 Å². The molecule has 0 spiro atoms. The largest absolute Gasteiger partial charge is 0.381 e. The van der Waals surface area contributed by atoms with Gasteiger partial charge in [0.15, 0.2) is 0 Å². The third-order valence-electron chi connectivity index (χ3n) is 7.67. The molecule has 2 N–H and O–H groups in total. The third-order valence-corrected chi connectivity index (χ3v) is 7.67. The van der Waals surface area contributed by atoms with Crippen molar-refractivity contribution >= 4 is 5.91 Å². The van der Waals surface area contributed by atoms with E-state index in [2.05, 4.69) is 15.6 Å². The molecule has 4 saturated carbocycles. The van der Waals surface area contributed by atoms with Crippen molar-refractivity contribution in [3.05, 3.63) is 29.6 Å². The average molecular weight is 384 g/mol. The monoisotopic (exact) mass is 383 g/mol. The SMILES string of the molecule is Cc1cccc(C(=O)NC23CC4CC(CC(NCC5CCOCC5)(C4)C2)C3)n1. The molecule has 0 aromatic carbocycles. The van der Waals surface area contributed by atoms with Gasteiger partial charge < -0.3 is 15.4 Å². The summed E-state index contributed by atoms with van der Waals surface area (Å²) in [5, 5.41) is 7.49. The van der Waals surface area contributed by atoms with Crippen molar-refractivity contribution in [2.75, 3.05) is 19.8 Å². The Labute approximate surface area is 168 Å². The molecular weight excluding hydrogens is 350 g/mol. The van der Waals surface area contributed by atoms with E-state index in [0.29, 0.717) is 5.69 Å². The first-order valence-electron chi connectivity index (χ1n) is 11.1. The molecule has 2 heterocycles. The van der Waals surface area contributed by atoms with Gasteiger partial charge in [0.25, 0.3) is 5.91 Å². The number of pyridine rings is 1. The van der Waals surface area contributed by atoms with Gasteiger partial charge in [-0.2, -0.15) is 0 Å². The predicted octanol–water partition coefficient (Wildman–Crippen LogP) is 3.23. The van der Waals surface area contributed by atoms with Crippen LogP contribution in [-0.2, 0) is 4.74 Å². The van der Waals surface area contributed by atoms with Gasteiger partial charge in [0.1, 0.15) is 5.69 Å². The van der Waals surface area contributed by atoms with Gasteiger partial charge in [-0.1, -0.05) is 6.07 Å². The van der Waals surface area contributed by atoms with Crippen LogP contribution in [0.15, 0.2) is 18.2 Å². The van der Waals surface area contributed by atoms with E-state index >= 15 is 0 Å². The molecule has 2 unspecified atom stereocenters. The van der Waals surface area contributed by atoms with Crippen LogP contribution in [0.25, 0.3) is 0 Å². The smallest absolute Gasteiger partial charge is 0.270 e.